The molecule has 116 valence electrons. The van der Waals surface area contributed by atoms with Crippen LogP contribution >= 0.6 is 0 Å². The summed E-state index contributed by atoms with van der Waals surface area (Å²) < 4.78 is 12.9. The van der Waals surface area contributed by atoms with Crippen LogP contribution in [0.4, 0.5) is 5.82 Å². The standard InChI is InChI=1S/C16H19N3O3/c17-14-12-3-1-2-4-13(12)19(18-14)15(20)11-5-7-16(8-6-11)21-9-10-22-16/h1-4,11H,5-10H2,(H2,17,18). The summed E-state index contributed by atoms with van der Waals surface area (Å²) in [5, 5.41) is 5.06. The van der Waals surface area contributed by atoms with Gasteiger partial charge in [-0.15, -0.1) is 5.10 Å². The van der Waals surface area contributed by atoms with E-state index in [4.69, 9.17) is 15.2 Å². The predicted molar refractivity (Wildman–Crippen MR) is 81.4 cm³/mol. The molecule has 0 bridgehead atoms. The third-order valence-electron chi connectivity index (χ3n) is 4.73. The van der Waals surface area contributed by atoms with Crippen LogP contribution in [0.15, 0.2) is 24.3 Å². The second-order valence-electron chi connectivity index (χ2n) is 6.03. The van der Waals surface area contributed by atoms with Gasteiger partial charge in [0.25, 0.3) is 5.91 Å². The van der Waals surface area contributed by atoms with Crippen molar-refractivity contribution in [3.05, 3.63) is 24.3 Å². The van der Waals surface area contributed by atoms with E-state index in [1.807, 2.05) is 24.3 Å². The van der Waals surface area contributed by atoms with Crippen molar-refractivity contribution in [3.63, 3.8) is 0 Å². The number of anilines is 1. The number of hydrogen-bond donors (Lipinski definition) is 1. The molecule has 22 heavy (non-hydrogen) atoms. The minimum Gasteiger partial charge on any atom is -0.382 e. The van der Waals surface area contributed by atoms with E-state index in [2.05, 4.69) is 5.10 Å². The number of aromatic nitrogens is 2. The summed E-state index contributed by atoms with van der Waals surface area (Å²) in [6.45, 7) is 1.30. The van der Waals surface area contributed by atoms with Crippen LogP contribution in [0.2, 0.25) is 0 Å². The van der Waals surface area contributed by atoms with Gasteiger partial charge in [-0.05, 0) is 25.0 Å². The van der Waals surface area contributed by atoms with Crippen LogP contribution in [-0.2, 0) is 9.47 Å². The molecule has 1 aliphatic carbocycles. The molecule has 0 radical (unpaired) electrons. The molecule has 2 heterocycles. The summed E-state index contributed by atoms with van der Waals surface area (Å²) in [6, 6.07) is 7.55. The van der Waals surface area contributed by atoms with Gasteiger partial charge in [0, 0.05) is 24.1 Å². The molecule has 1 aromatic carbocycles. The fraction of sp³-hybridized carbons (Fsp3) is 0.500. The Morgan fingerprint density at radius 3 is 2.64 bits per heavy atom. The number of rotatable bonds is 1. The van der Waals surface area contributed by atoms with Gasteiger partial charge >= 0.3 is 0 Å². The highest BCUT2D eigenvalue weighted by atomic mass is 16.7. The van der Waals surface area contributed by atoms with Crippen LogP contribution in [0, 0.1) is 5.92 Å². The van der Waals surface area contributed by atoms with Crippen molar-refractivity contribution in [1.82, 2.24) is 9.78 Å². The highest BCUT2D eigenvalue weighted by Gasteiger charge is 2.42. The van der Waals surface area contributed by atoms with Gasteiger partial charge < -0.3 is 15.2 Å². The highest BCUT2D eigenvalue weighted by Crippen LogP contribution is 2.39. The highest BCUT2D eigenvalue weighted by molar-refractivity contribution is 5.97. The monoisotopic (exact) mass is 301 g/mol. The quantitative estimate of drug-likeness (QED) is 0.873. The van der Waals surface area contributed by atoms with Crippen molar-refractivity contribution in [2.75, 3.05) is 18.9 Å². The number of fused-ring (bicyclic) bond motifs is 1. The molecular weight excluding hydrogens is 282 g/mol. The zero-order valence-electron chi connectivity index (χ0n) is 12.3. The lowest BCUT2D eigenvalue weighted by Gasteiger charge is -2.34. The van der Waals surface area contributed by atoms with Gasteiger partial charge in [-0.1, -0.05) is 12.1 Å². The SMILES string of the molecule is Nc1nn(C(=O)C2CCC3(CC2)OCCO3)c2ccccc12. The summed E-state index contributed by atoms with van der Waals surface area (Å²) in [5.74, 6) is -0.0808. The molecule has 1 saturated heterocycles. The van der Waals surface area contributed by atoms with E-state index < -0.39 is 5.79 Å². The number of carbonyl (C=O) groups is 1. The Morgan fingerprint density at radius 2 is 1.91 bits per heavy atom. The molecule has 1 saturated carbocycles. The van der Waals surface area contributed by atoms with Gasteiger partial charge in [0.1, 0.15) is 0 Å². The first-order valence-electron chi connectivity index (χ1n) is 7.74. The molecule has 2 aromatic rings. The van der Waals surface area contributed by atoms with Crippen molar-refractivity contribution in [3.8, 4) is 0 Å². The normalized spacial score (nSPS) is 21.6. The maximum atomic E-state index is 12.8. The predicted octanol–water partition coefficient (Wildman–Crippen LogP) is 2.19. The van der Waals surface area contributed by atoms with E-state index in [0.717, 1.165) is 36.6 Å². The lowest BCUT2D eigenvalue weighted by atomic mass is 9.84. The molecule has 1 aromatic heterocycles. The number of nitrogens with zero attached hydrogens (tertiary/aromatic N) is 2. The molecule has 1 spiro atoms. The summed E-state index contributed by atoms with van der Waals surface area (Å²) >= 11 is 0. The molecule has 2 aliphatic rings. The van der Waals surface area contributed by atoms with Crippen molar-refractivity contribution in [2.24, 2.45) is 5.92 Å². The first kappa shape index (κ1) is 13.7. The molecule has 2 fully saturated rings. The maximum absolute atomic E-state index is 12.8. The Kier molecular flexibility index (Phi) is 3.16. The van der Waals surface area contributed by atoms with Gasteiger partial charge in [-0.2, -0.15) is 4.68 Å². The van der Waals surface area contributed by atoms with Gasteiger partial charge in [0.15, 0.2) is 11.6 Å². The Bertz CT molecular complexity index is 708. The van der Waals surface area contributed by atoms with E-state index >= 15 is 0 Å². The van der Waals surface area contributed by atoms with Crippen LogP contribution in [0.3, 0.4) is 0 Å². The van der Waals surface area contributed by atoms with Gasteiger partial charge in [0.05, 0.1) is 18.7 Å². The maximum Gasteiger partial charge on any atom is 0.250 e. The number of nitrogen functional groups attached to an aromatic ring is 1. The number of para-hydroxylation sites is 1. The molecule has 0 atom stereocenters. The first-order valence-corrected chi connectivity index (χ1v) is 7.74. The minimum atomic E-state index is -0.442. The molecule has 6 nitrogen and oxygen atoms in total. The molecule has 1 aliphatic heterocycles. The first-order chi connectivity index (χ1) is 10.7. The molecule has 0 amide bonds. The second kappa shape index (κ2) is 5.07. The zero-order chi connectivity index (χ0) is 15.2. The summed E-state index contributed by atoms with van der Waals surface area (Å²) in [5.41, 5.74) is 6.69. The summed E-state index contributed by atoms with van der Waals surface area (Å²) in [6.07, 6.45) is 3.04. The molecule has 0 unspecified atom stereocenters. The van der Waals surface area contributed by atoms with E-state index in [-0.39, 0.29) is 11.8 Å². The van der Waals surface area contributed by atoms with Gasteiger partial charge in [-0.3, -0.25) is 4.79 Å². The lowest BCUT2D eigenvalue weighted by Crippen LogP contribution is -2.38. The third kappa shape index (κ3) is 2.10. The van der Waals surface area contributed by atoms with E-state index in [0.29, 0.717) is 19.0 Å². The minimum absolute atomic E-state index is 0.0146. The number of benzene rings is 1. The van der Waals surface area contributed by atoms with Crippen molar-refractivity contribution in [1.29, 1.82) is 0 Å². The Labute approximate surface area is 128 Å². The molecule has 4 rings (SSSR count). The zero-order valence-corrected chi connectivity index (χ0v) is 12.3. The number of ether oxygens (including phenoxy) is 2. The number of hydrogen-bond acceptors (Lipinski definition) is 5. The van der Waals surface area contributed by atoms with E-state index in [1.54, 1.807) is 0 Å². The smallest absolute Gasteiger partial charge is 0.250 e. The van der Waals surface area contributed by atoms with Gasteiger partial charge in [0.2, 0.25) is 0 Å². The fourth-order valence-corrected chi connectivity index (χ4v) is 3.52. The van der Waals surface area contributed by atoms with Gasteiger partial charge in [-0.25, -0.2) is 0 Å². The van der Waals surface area contributed by atoms with Crippen LogP contribution < -0.4 is 5.73 Å². The molecule has 2 N–H and O–H groups in total. The Hall–Kier alpha value is -1.92. The topological polar surface area (TPSA) is 79.4 Å². The molecule has 6 heteroatoms. The largest absolute Gasteiger partial charge is 0.382 e. The van der Waals surface area contributed by atoms with Crippen molar-refractivity contribution >= 4 is 22.6 Å². The van der Waals surface area contributed by atoms with E-state index in [1.165, 1.54) is 4.68 Å². The third-order valence-corrected chi connectivity index (χ3v) is 4.73. The van der Waals surface area contributed by atoms with Crippen LogP contribution in [0.5, 0.6) is 0 Å². The average Bonchev–Trinajstić information content (AvgIpc) is 3.13. The lowest BCUT2D eigenvalue weighted by molar-refractivity contribution is -0.180. The average molecular weight is 301 g/mol. The van der Waals surface area contributed by atoms with E-state index in [9.17, 15) is 4.79 Å². The summed E-state index contributed by atoms with van der Waals surface area (Å²) in [7, 11) is 0. The Morgan fingerprint density at radius 1 is 1.23 bits per heavy atom. The summed E-state index contributed by atoms with van der Waals surface area (Å²) in [4.78, 5) is 12.8. The fourth-order valence-electron chi connectivity index (χ4n) is 3.52. The van der Waals surface area contributed by atoms with Crippen molar-refractivity contribution < 1.29 is 14.3 Å². The van der Waals surface area contributed by atoms with Crippen LogP contribution in [-0.4, -0.2) is 34.7 Å². The Balaban J connectivity index is 1.57. The number of carbonyl (C=O) groups excluding carboxylic acids is 1. The van der Waals surface area contributed by atoms with Crippen molar-refractivity contribution in [2.45, 2.75) is 31.5 Å². The molecular formula is C16H19N3O3. The van der Waals surface area contributed by atoms with Crippen LogP contribution in [0.25, 0.3) is 10.9 Å². The second-order valence-corrected chi connectivity index (χ2v) is 6.03. The number of nitrogens with two attached hydrogens (primary N) is 1. The van der Waals surface area contributed by atoms with Crippen LogP contribution in [0.1, 0.15) is 30.5 Å².